The van der Waals surface area contributed by atoms with Gasteiger partial charge in [0.1, 0.15) is 12.2 Å². The predicted molar refractivity (Wildman–Crippen MR) is 130 cm³/mol. The van der Waals surface area contributed by atoms with Crippen molar-refractivity contribution >= 4 is 34.5 Å². The van der Waals surface area contributed by atoms with Crippen LogP contribution in [0.2, 0.25) is 0 Å². The number of rotatable bonds is 6. The summed E-state index contributed by atoms with van der Waals surface area (Å²) in [5.41, 5.74) is 2.43. The summed E-state index contributed by atoms with van der Waals surface area (Å²) in [5, 5.41) is 3.71. The van der Waals surface area contributed by atoms with E-state index in [1.807, 2.05) is 20.8 Å². The Bertz CT molecular complexity index is 1240. The second-order valence-corrected chi connectivity index (χ2v) is 10.7. The number of esters is 1. The van der Waals surface area contributed by atoms with Gasteiger partial charge < -0.3 is 14.5 Å². The molecule has 0 amide bonds. The highest BCUT2D eigenvalue weighted by Gasteiger charge is 2.44. The molecule has 0 bridgehead atoms. The Labute approximate surface area is 197 Å². The Kier molecular flexibility index (Phi) is 6.52. The molecule has 2 aromatic rings. The highest BCUT2D eigenvalue weighted by molar-refractivity contribution is 7.99. The molecular weight excluding hydrogens is 438 g/mol. The van der Waals surface area contributed by atoms with Gasteiger partial charge >= 0.3 is 5.97 Å². The van der Waals surface area contributed by atoms with Gasteiger partial charge in [-0.1, -0.05) is 32.9 Å². The van der Waals surface area contributed by atoms with Crippen LogP contribution in [0.3, 0.4) is 0 Å². The third-order valence-corrected chi connectivity index (χ3v) is 7.01. The summed E-state index contributed by atoms with van der Waals surface area (Å²) in [7, 11) is 0. The van der Waals surface area contributed by atoms with Gasteiger partial charge in [-0.2, -0.15) is 11.8 Å². The smallest absolute Gasteiger partial charge is 0.336 e. The van der Waals surface area contributed by atoms with Crippen molar-refractivity contribution in [3.63, 3.8) is 0 Å². The van der Waals surface area contributed by atoms with Crippen LogP contribution in [0.4, 0.5) is 0 Å². The first-order valence-corrected chi connectivity index (χ1v) is 12.4. The van der Waals surface area contributed by atoms with Crippen LogP contribution in [0.5, 0.6) is 0 Å². The van der Waals surface area contributed by atoms with Crippen LogP contribution in [0.1, 0.15) is 52.0 Å². The van der Waals surface area contributed by atoms with Crippen molar-refractivity contribution in [2.45, 2.75) is 46.5 Å². The zero-order chi connectivity index (χ0) is 23.8. The highest BCUT2D eigenvalue weighted by atomic mass is 32.2. The molecule has 1 aromatic carbocycles. The van der Waals surface area contributed by atoms with E-state index in [1.165, 1.54) is 6.26 Å². The predicted octanol–water partition coefficient (Wildman–Crippen LogP) is 4.69. The van der Waals surface area contributed by atoms with Gasteiger partial charge in [0.05, 0.1) is 23.1 Å². The summed E-state index contributed by atoms with van der Waals surface area (Å²) in [6.45, 7) is 8.19. The third kappa shape index (κ3) is 4.51. The lowest BCUT2D eigenvalue weighted by atomic mass is 9.68. The number of nitrogens with one attached hydrogen (secondary N) is 1. The minimum Gasteiger partial charge on any atom is -0.464 e. The minimum absolute atomic E-state index is 0.0642. The fourth-order valence-electron chi connectivity index (χ4n) is 4.73. The maximum absolute atomic E-state index is 13.5. The topological polar surface area (TPSA) is 85.6 Å². The number of carbonyl (C=O) groups excluding carboxylic acids is 2. The lowest BCUT2D eigenvalue weighted by Gasteiger charge is -2.39. The van der Waals surface area contributed by atoms with Gasteiger partial charge in [-0.3, -0.25) is 9.59 Å². The summed E-state index contributed by atoms with van der Waals surface area (Å²) in [6, 6.07) is 6.99. The standard InChI is InChI=1S/C26H29NO5S/c1-5-33-11-10-31-25(30)21-15(2)27-18-12-26(3,4)13-19(28)23(18)22(21)17-14-32-20-9-7-6-8-16(20)24(17)29/h6-9,14,22,27H,5,10-13H2,1-4H3. The number of hydrogen-bond donors (Lipinski definition) is 1. The molecule has 2 aliphatic rings. The number of dihydropyridines is 1. The average Bonchev–Trinajstić information content (AvgIpc) is 2.75. The molecule has 2 heterocycles. The Balaban J connectivity index is 1.85. The van der Waals surface area contributed by atoms with Gasteiger partial charge in [-0.25, -0.2) is 4.79 Å². The zero-order valence-electron chi connectivity index (χ0n) is 19.4. The molecule has 0 radical (unpaired) electrons. The number of fused-ring (bicyclic) bond motifs is 1. The number of para-hydroxylation sites is 1. The molecule has 1 aliphatic heterocycles. The van der Waals surface area contributed by atoms with E-state index in [4.69, 9.17) is 9.15 Å². The molecule has 174 valence electrons. The molecule has 1 unspecified atom stereocenters. The van der Waals surface area contributed by atoms with E-state index in [0.29, 0.717) is 46.4 Å². The molecule has 1 atom stereocenters. The molecule has 0 saturated heterocycles. The molecule has 7 heteroatoms. The fourth-order valence-corrected chi connectivity index (χ4v) is 5.22. The number of thioether (sulfide) groups is 1. The maximum Gasteiger partial charge on any atom is 0.336 e. The van der Waals surface area contributed by atoms with Crippen LogP contribution < -0.4 is 10.7 Å². The van der Waals surface area contributed by atoms with Gasteiger partial charge in [0.2, 0.25) is 0 Å². The second-order valence-electron chi connectivity index (χ2n) is 9.28. The molecule has 1 aromatic heterocycles. The van der Waals surface area contributed by atoms with Crippen molar-refractivity contribution in [3.05, 3.63) is 68.9 Å². The van der Waals surface area contributed by atoms with Crippen LogP contribution in [-0.4, -0.2) is 29.9 Å². The first-order valence-electron chi connectivity index (χ1n) is 11.2. The zero-order valence-corrected chi connectivity index (χ0v) is 20.3. The molecule has 4 rings (SSSR count). The van der Waals surface area contributed by atoms with Gasteiger partial charge in [0, 0.05) is 34.7 Å². The van der Waals surface area contributed by atoms with E-state index in [2.05, 4.69) is 5.32 Å². The number of ketones is 1. The minimum atomic E-state index is -0.822. The summed E-state index contributed by atoms with van der Waals surface area (Å²) in [5.74, 6) is 0.217. The monoisotopic (exact) mass is 467 g/mol. The van der Waals surface area contributed by atoms with E-state index >= 15 is 0 Å². The Morgan fingerprint density at radius 1 is 1.24 bits per heavy atom. The van der Waals surface area contributed by atoms with E-state index in [9.17, 15) is 14.4 Å². The van der Waals surface area contributed by atoms with Crippen LogP contribution in [0, 0.1) is 5.41 Å². The number of allylic oxidation sites excluding steroid dienone is 3. The van der Waals surface area contributed by atoms with Crippen molar-refractivity contribution in [3.8, 4) is 0 Å². The molecule has 6 nitrogen and oxygen atoms in total. The largest absolute Gasteiger partial charge is 0.464 e. The summed E-state index contributed by atoms with van der Waals surface area (Å²) in [6.07, 6.45) is 2.39. The van der Waals surface area contributed by atoms with E-state index in [-0.39, 0.29) is 28.8 Å². The van der Waals surface area contributed by atoms with Crippen LogP contribution >= 0.6 is 11.8 Å². The van der Waals surface area contributed by atoms with E-state index < -0.39 is 11.9 Å². The Hall–Kier alpha value is -2.80. The molecule has 1 N–H and O–H groups in total. The van der Waals surface area contributed by atoms with Gasteiger partial charge in [-0.05, 0) is 36.6 Å². The fraction of sp³-hybridized carbons (Fsp3) is 0.423. The van der Waals surface area contributed by atoms with Crippen molar-refractivity contribution in [1.29, 1.82) is 0 Å². The highest BCUT2D eigenvalue weighted by Crippen LogP contribution is 2.46. The number of ether oxygens (including phenoxy) is 1. The first kappa shape index (κ1) is 23.4. The maximum atomic E-state index is 13.5. The summed E-state index contributed by atoms with van der Waals surface area (Å²) in [4.78, 5) is 40.1. The van der Waals surface area contributed by atoms with Crippen molar-refractivity contribution in [1.82, 2.24) is 5.32 Å². The van der Waals surface area contributed by atoms with Crippen molar-refractivity contribution in [2.75, 3.05) is 18.1 Å². The van der Waals surface area contributed by atoms with E-state index in [0.717, 1.165) is 11.4 Å². The molecule has 0 saturated carbocycles. The van der Waals surface area contributed by atoms with Gasteiger partial charge in [0.15, 0.2) is 11.2 Å². The summed E-state index contributed by atoms with van der Waals surface area (Å²) < 4.78 is 11.3. The average molecular weight is 468 g/mol. The second kappa shape index (κ2) is 9.21. The summed E-state index contributed by atoms with van der Waals surface area (Å²) >= 11 is 1.68. The number of hydrogen-bond acceptors (Lipinski definition) is 7. The van der Waals surface area contributed by atoms with Crippen molar-refractivity contribution in [2.24, 2.45) is 5.41 Å². The molecule has 0 spiro atoms. The molecule has 1 aliphatic carbocycles. The Morgan fingerprint density at radius 3 is 2.76 bits per heavy atom. The first-order chi connectivity index (χ1) is 15.7. The Morgan fingerprint density at radius 2 is 2.00 bits per heavy atom. The van der Waals surface area contributed by atoms with Crippen LogP contribution in [0.15, 0.2) is 62.3 Å². The van der Waals surface area contributed by atoms with E-state index in [1.54, 1.807) is 43.0 Å². The van der Waals surface area contributed by atoms with Gasteiger partial charge in [-0.15, -0.1) is 0 Å². The third-order valence-electron chi connectivity index (χ3n) is 6.14. The lowest BCUT2D eigenvalue weighted by Crippen LogP contribution is -2.39. The lowest BCUT2D eigenvalue weighted by molar-refractivity contribution is -0.138. The number of Topliss-reactive ketones (excluding diaryl/α,β-unsaturated/α-hetero) is 1. The SMILES string of the molecule is CCSCCOC(=O)C1=C(C)NC2=C(C(=O)CC(C)(C)C2)C1c1coc2ccccc2c1=O. The normalized spacial score (nSPS) is 20.0. The van der Waals surface area contributed by atoms with Gasteiger partial charge in [0.25, 0.3) is 0 Å². The molecular formula is C26H29NO5S. The number of benzene rings is 1. The van der Waals surface area contributed by atoms with Crippen molar-refractivity contribution < 1.29 is 18.7 Å². The van der Waals surface area contributed by atoms with Crippen LogP contribution in [0.25, 0.3) is 11.0 Å². The molecule has 33 heavy (non-hydrogen) atoms. The quantitative estimate of drug-likeness (QED) is 0.487. The molecule has 0 fully saturated rings. The van der Waals surface area contributed by atoms with Crippen LogP contribution in [-0.2, 0) is 14.3 Å². The number of carbonyl (C=O) groups is 2.